The van der Waals surface area contributed by atoms with Gasteiger partial charge < -0.3 is 16.0 Å². The monoisotopic (exact) mass is 262 g/mol. The topological polar surface area (TPSA) is 54.2 Å². The van der Waals surface area contributed by atoms with Crippen LogP contribution in [0.1, 0.15) is 0 Å². The third-order valence-corrected chi connectivity index (χ3v) is 3.07. The van der Waals surface area contributed by atoms with Gasteiger partial charge in [-0.1, -0.05) is 11.6 Å². The molecule has 0 spiro atoms. The van der Waals surface area contributed by atoms with Gasteiger partial charge in [-0.3, -0.25) is 4.98 Å². The summed E-state index contributed by atoms with van der Waals surface area (Å²) in [5.41, 5.74) is 9.23. The number of pyridine rings is 1. The second kappa shape index (κ2) is 5.14. The number of halogens is 1. The summed E-state index contributed by atoms with van der Waals surface area (Å²) in [4.78, 5) is 6.07. The van der Waals surface area contributed by atoms with Gasteiger partial charge in [-0.15, -0.1) is 0 Å². The van der Waals surface area contributed by atoms with E-state index in [9.17, 15) is 0 Å². The number of anilines is 4. The molecule has 0 saturated carbocycles. The Balaban J connectivity index is 2.41. The van der Waals surface area contributed by atoms with Crippen molar-refractivity contribution in [3.05, 3.63) is 41.7 Å². The predicted molar refractivity (Wildman–Crippen MR) is 77.7 cm³/mol. The fraction of sp³-hybridized carbons (Fsp3) is 0.154. The maximum Gasteiger partial charge on any atom is 0.0762 e. The van der Waals surface area contributed by atoms with Gasteiger partial charge in [0.25, 0.3) is 0 Å². The minimum atomic E-state index is 0.600. The van der Waals surface area contributed by atoms with Crippen molar-refractivity contribution in [1.82, 2.24) is 4.98 Å². The molecule has 3 N–H and O–H groups in total. The Morgan fingerprint density at radius 1 is 1.33 bits per heavy atom. The second-order valence-electron chi connectivity index (χ2n) is 3.91. The van der Waals surface area contributed by atoms with Crippen LogP contribution in [0.2, 0.25) is 5.02 Å². The Labute approximate surface area is 111 Å². The molecule has 2 rings (SSSR count). The molecule has 0 bridgehead atoms. The maximum absolute atomic E-state index is 6.18. The van der Waals surface area contributed by atoms with Crippen molar-refractivity contribution < 1.29 is 0 Å². The second-order valence-corrected chi connectivity index (χ2v) is 4.32. The lowest BCUT2D eigenvalue weighted by Gasteiger charge is -2.21. The molecular weight excluding hydrogens is 248 g/mol. The normalized spacial score (nSPS) is 10.2. The van der Waals surface area contributed by atoms with Gasteiger partial charge in [-0.05, 0) is 24.3 Å². The minimum Gasteiger partial charge on any atom is -0.397 e. The van der Waals surface area contributed by atoms with Crippen molar-refractivity contribution >= 4 is 34.4 Å². The van der Waals surface area contributed by atoms with Gasteiger partial charge in [0.1, 0.15) is 0 Å². The standard InChI is InChI=1S/C13H15ClN4/c1-16-13-11(14)6-10(7-12(13)15)18(2)9-4-3-5-17-8-9/h3-8,16H,15H2,1-2H3. The van der Waals surface area contributed by atoms with Crippen LogP contribution in [-0.2, 0) is 0 Å². The number of nitrogen functional groups attached to an aromatic ring is 1. The number of rotatable bonds is 3. The van der Waals surface area contributed by atoms with Crippen molar-refractivity contribution in [3.63, 3.8) is 0 Å². The summed E-state index contributed by atoms with van der Waals surface area (Å²) in [5, 5.41) is 3.58. The van der Waals surface area contributed by atoms with Gasteiger partial charge in [0.2, 0.25) is 0 Å². The Hall–Kier alpha value is -1.94. The Morgan fingerprint density at radius 3 is 2.67 bits per heavy atom. The number of nitrogens with one attached hydrogen (secondary N) is 1. The van der Waals surface area contributed by atoms with Crippen molar-refractivity contribution in [3.8, 4) is 0 Å². The summed E-state index contributed by atoms with van der Waals surface area (Å²) in [6, 6.07) is 7.61. The first kappa shape index (κ1) is 12.5. The quantitative estimate of drug-likeness (QED) is 0.835. The van der Waals surface area contributed by atoms with Crippen molar-refractivity contribution in [2.75, 3.05) is 30.0 Å². The third-order valence-electron chi connectivity index (χ3n) is 2.78. The first-order chi connectivity index (χ1) is 8.63. The van der Waals surface area contributed by atoms with Gasteiger partial charge in [0, 0.05) is 26.0 Å². The summed E-state index contributed by atoms with van der Waals surface area (Å²) in [6.07, 6.45) is 3.53. The molecule has 18 heavy (non-hydrogen) atoms. The molecule has 0 atom stereocenters. The Bertz CT molecular complexity index is 519. The zero-order chi connectivity index (χ0) is 13.1. The molecule has 0 saturated heterocycles. The van der Waals surface area contributed by atoms with E-state index in [-0.39, 0.29) is 0 Å². The zero-order valence-electron chi connectivity index (χ0n) is 10.3. The highest BCUT2D eigenvalue weighted by Crippen LogP contribution is 2.35. The van der Waals surface area contributed by atoms with E-state index in [2.05, 4.69) is 10.3 Å². The van der Waals surface area contributed by atoms with Crippen molar-refractivity contribution in [2.24, 2.45) is 0 Å². The van der Waals surface area contributed by atoms with E-state index in [1.807, 2.05) is 36.2 Å². The summed E-state index contributed by atoms with van der Waals surface area (Å²) in [6.45, 7) is 0. The number of nitrogens with zero attached hydrogens (tertiary/aromatic N) is 2. The highest BCUT2D eigenvalue weighted by atomic mass is 35.5. The van der Waals surface area contributed by atoms with Crippen LogP contribution in [0.5, 0.6) is 0 Å². The number of hydrogen-bond donors (Lipinski definition) is 2. The molecule has 4 nitrogen and oxygen atoms in total. The number of hydrogen-bond acceptors (Lipinski definition) is 4. The summed E-state index contributed by atoms with van der Waals surface area (Å²) >= 11 is 6.18. The van der Waals surface area contributed by atoms with Crippen LogP contribution >= 0.6 is 11.6 Å². The van der Waals surface area contributed by atoms with Crippen LogP contribution in [0.4, 0.5) is 22.7 Å². The average Bonchev–Trinajstić information content (AvgIpc) is 2.38. The third kappa shape index (κ3) is 2.33. The molecule has 0 amide bonds. The molecule has 0 aliphatic heterocycles. The van der Waals surface area contributed by atoms with Gasteiger partial charge >= 0.3 is 0 Å². The predicted octanol–water partition coefficient (Wildman–Crippen LogP) is 3.13. The zero-order valence-corrected chi connectivity index (χ0v) is 11.1. The van der Waals surface area contributed by atoms with Gasteiger partial charge in [0.05, 0.1) is 28.3 Å². The first-order valence-corrected chi connectivity index (χ1v) is 5.92. The Kier molecular flexibility index (Phi) is 3.58. The lowest BCUT2D eigenvalue weighted by Crippen LogP contribution is -2.10. The van der Waals surface area contributed by atoms with Crippen LogP contribution < -0.4 is 16.0 Å². The molecule has 0 aliphatic rings. The maximum atomic E-state index is 6.18. The van der Waals surface area contributed by atoms with Crippen LogP contribution in [-0.4, -0.2) is 19.1 Å². The van der Waals surface area contributed by atoms with Crippen LogP contribution in [0, 0.1) is 0 Å². The van der Waals surface area contributed by atoms with E-state index in [4.69, 9.17) is 17.3 Å². The summed E-state index contributed by atoms with van der Waals surface area (Å²) in [7, 11) is 3.74. The SMILES string of the molecule is CNc1c(N)cc(N(C)c2cccnc2)cc1Cl. The summed E-state index contributed by atoms with van der Waals surface area (Å²) < 4.78 is 0. The average molecular weight is 263 g/mol. The van der Waals surface area contributed by atoms with Crippen molar-refractivity contribution in [2.45, 2.75) is 0 Å². The fourth-order valence-corrected chi connectivity index (χ4v) is 2.09. The molecule has 0 unspecified atom stereocenters. The number of benzene rings is 1. The molecule has 1 heterocycles. The molecule has 94 valence electrons. The molecule has 0 fully saturated rings. The molecule has 1 aromatic carbocycles. The van der Waals surface area contributed by atoms with Crippen LogP contribution in [0.15, 0.2) is 36.7 Å². The van der Waals surface area contributed by atoms with Gasteiger partial charge in [-0.25, -0.2) is 0 Å². The smallest absolute Gasteiger partial charge is 0.0762 e. The van der Waals surface area contributed by atoms with E-state index in [0.29, 0.717) is 10.7 Å². The van der Waals surface area contributed by atoms with E-state index in [0.717, 1.165) is 17.1 Å². The molecule has 0 aliphatic carbocycles. The highest BCUT2D eigenvalue weighted by molar-refractivity contribution is 6.34. The lowest BCUT2D eigenvalue weighted by molar-refractivity contribution is 1.18. The van der Waals surface area contributed by atoms with E-state index >= 15 is 0 Å². The van der Waals surface area contributed by atoms with Crippen LogP contribution in [0.25, 0.3) is 0 Å². The van der Waals surface area contributed by atoms with Gasteiger partial charge in [0.15, 0.2) is 0 Å². The molecule has 0 radical (unpaired) electrons. The van der Waals surface area contributed by atoms with Gasteiger partial charge in [-0.2, -0.15) is 0 Å². The molecular formula is C13H15ClN4. The lowest BCUT2D eigenvalue weighted by atomic mass is 10.2. The van der Waals surface area contributed by atoms with E-state index in [1.54, 1.807) is 19.4 Å². The van der Waals surface area contributed by atoms with Crippen LogP contribution in [0.3, 0.4) is 0 Å². The summed E-state index contributed by atoms with van der Waals surface area (Å²) in [5.74, 6) is 0. The largest absolute Gasteiger partial charge is 0.397 e. The van der Waals surface area contributed by atoms with E-state index < -0.39 is 0 Å². The molecule has 5 heteroatoms. The number of nitrogens with two attached hydrogens (primary N) is 1. The van der Waals surface area contributed by atoms with Crippen molar-refractivity contribution in [1.29, 1.82) is 0 Å². The molecule has 1 aromatic heterocycles. The Morgan fingerprint density at radius 2 is 2.11 bits per heavy atom. The van der Waals surface area contributed by atoms with E-state index in [1.165, 1.54) is 0 Å². The minimum absolute atomic E-state index is 0.600. The first-order valence-electron chi connectivity index (χ1n) is 5.54. The number of aromatic nitrogens is 1. The molecule has 2 aromatic rings. The fourth-order valence-electron chi connectivity index (χ4n) is 1.77. The highest BCUT2D eigenvalue weighted by Gasteiger charge is 2.10.